The van der Waals surface area contributed by atoms with Crippen molar-refractivity contribution in [3.8, 4) is 0 Å². The van der Waals surface area contributed by atoms with Crippen LogP contribution in [0.3, 0.4) is 0 Å². The molecule has 0 heterocycles. The van der Waals surface area contributed by atoms with Gasteiger partial charge < -0.3 is 14.4 Å². The average Bonchev–Trinajstić information content (AvgIpc) is 3.30. The molecule has 25 heavy (non-hydrogen) atoms. The summed E-state index contributed by atoms with van der Waals surface area (Å²) < 4.78 is 24.3. The fourth-order valence-corrected chi connectivity index (χ4v) is 6.46. The minimum absolute atomic E-state index is 0.190. The lowest BCUT2D eigenvalue weighted by Crippen LogP contribution is -2.29. The van der Waals surface area contributed by atoms with Crippen molar-refractivity contribution in [3.63, 3.8) is 0 Å². The number of hydrogen-bond donors (Lipinski definition) is 1. The molecule has 2 aromatic rings. The highest BCUT2D eigenvalue weighted by atomic mass is 31.2. The van der Waals surface area contributed by atoms with Gasteiger partial charge in [-0.2, -0.15) is 0 Å². The Morgan fingerprint density at radius 2 is 1.56 bits per heavy atom. The maximum Gasteiger partial charge on any atom is 0.341 e. The van der Waals surface area contributed by atoms with Crippen LogP contribution in [0.1, 0.15) is 24.5 Å². The molecule has 0 aliphatic heterocycles. The normalized spacial score (nSPS) is 25.7. The number of nitrogens with one attached hydrogen (secondary N) is 1. The van der Waals surface area contributed by atoms with Crippen LogP contribution in [0.25, 0.3) is 0 Å². The topological polar surface area (TPSA) is 47.6 Å². The standard InChI is InChI=1S/C20H26NO3P/c1-19(16-21-14-17-10-6-4-7-11-17)15-20(19,25(22,23-2)24-3)18-12-8-5-9-13-18/h4-13,21H,14-16H2,1-3H3/t19?,20-/m0/s1. The molecule has 1 aliphatic rings. The first kappa shape index (κ1) is 18.3. The zero-order valence-corrected chi connectivity index (χ0v) is 16.0. The van der Waals surface area contributed by atoms with E-state index >= 15 is 0 Å². The number of rotatable bonds is 8. The lowest BCUT2D eigenvalue weighted by molar-refractivity contribution is 0.253. The van der Waals surface area contributed by atoms with E-state index in [1.165, 1.54) is 19.8 Å². The van der Waals surface area contributed by atoms with Gasteiger partial charge in [0.2, 0.25) is 0 Å². The van der Waals surface area contributed by atoms with Crippen LogP contribution in [0.15, 0.2) is 60.7 Å². The van der Waals surface area contributed by atoms with E-state index in [0.29, 0.717) is 0 Å². The van der Waals surface area contributed by atoms with Gasteiger partial charge in [0.25, 0.3) is 0 Å². The molecule has 134 valence electrons. The predicted octanol–water partition coefficient (Wildman–Crippen LogP) is 4.57. The molecule has 2 atom stereocenters. The van der Waals surface area contributed by atoms with E-state index in [-0.39, 0.29) is 5.41 Å². The molecule has 1 saturated carbocycles. The quantitative estimate of drug-likeness (QED) is 0.702. The zero-order chi connectivity index (χ0) is 18.0. The van der Waals surface area contributed by atoms with Crippen LogP contribution in [0, 0.1) is 5.41 Å². The maximum atomic E-state index is 13.4. The van der Waals surface area contributed by atoms with Gasteiger partial charge in [-0.05, 0) is 17.5 Å². The van der Waals surface area contributed by atoms with Crippen LogP contribution < -0.4 is 5.32 Å². The van der Waals surface area contributed by atoms with Gasteiger partial charge in [-0.25, -0.2) is 0 Å². The fourth-order valence-electron chi connectivity index (χ4n) is 3.94. The van der Waals surface area contributed by atoms with Crippen molar-refractivity contribution in [1.82, 2.24) is 5.32 Å². The van der Waals surface area contributed by atoms with Crippen LogP contribution in [0.2, 0.25) is 0 Å². The first-order chi connectivity index (χ1) is 12.0. The smallest absolute Gasteiger partial charge is 0.312 e. The maximum absolute atomic E-state index is 13.4. The molecule has 0 bridgehead atoms. The Kier molecular flexibility index (Phi) is 5.17. The SMILES string of the molecule is COP(=O)(OC)[C@]1(c2ccccc2)CC1(C)CNCc1ccccc1. The van der Waals surface area contributed by atoms with E-state index < -0.39 is 12.8 Å². The summed E-state index contributed by atoms with van der Waals surface area (Å²) in [4.78, 5) is 0. The Morgan fingerprint density at radius 1 is 1.00 bits per heavy atom. The molecular weight excluding hydrogens is 333 g/mol. The van der Waals surface area contributed by atoms with Gasteiger partial charge >= 0.3 is 7.60 Å². The molecule has 5 heteroatoms. The van der Waals surface area contributed by atoms with Crippen LogP contribution in [-0.2, 0) is 25.3 Å². The summed E-state index contributed by atoms with van der Waals surface area (Å²) in [5.74, 6) is 0. The lowest BCUT2D eigenvalue weighted by Gasteiger charge is -2.29. The molecule has 0 radical (unpaired) electrons. The molecule has 3 rings (SSSR count). The second-order valence-electron chi connectivity index (χ2n) is 6.92. The van der Waals surface area contributed by atoms with Crippen molar-refractivity contribution in [3.05, 3.63) is 71.8 Å². The van der Waals surface area contributed by atoms with E-state index in [1.807, 2.05) is 48.5 Å². The first-order valence-electron chi connectivity index (χ1n) is 8.53. The van der Waals surface area contributed by atoms with Gasteiger partial charge in [-0.1, -0.05) is 67.6 Å². The average molecular weight is 359 g/mol. The summed E-state index contributed by atoms with van der Waals surface area (Å²) in [6.07, 6.45) is 0.769. The second-order valence-corrected chi connectivity index (χ2v) is 9.40. The fraction of sp³-hybridized carbons (Fsp3) is 0.400. The van der Waals surface area contributed by atoms with E-state index in [9.17, 15) is 4.57 Å². The number of hydrogen-bond acceptors (Lipinski definition) is 4. The summed E-state index contributed by atoms with van der Waals surface area (Å²) in [6, 6.07) is 20.2. The van der Waals surface area contributed by atoms with Gasteiger partial charge in [-0.15, -0.1) is 0 Å². The van der Waals surface area contributed by atoms with Gasteiger partial charge in [0.05, 0.1) is 0 Å². The van der Waals surface area contributed by atoms with Gasteiger partial charge in [0.1, 0.15) is 5.16 Å². The Bertz CT molecular complexity index is 744. The molecule has 0 amide bonds. The monoisotopic (exact) mass is 359 g/mol. The van der Waals surface area contributed by atoms with Crippen molar-refractivity contribution in [1.29, 1.82) is 0 Å². The second kappa shape index (κ2) is 7.05. The summed E-state index contributed by atoms with van der Waals surface area (Å²) in [5.41, 5.74) is 2.06. The van der Waals surface area contributed by atoms with Crippen molar-refractivity contribution >= 4 is 7.60 Å². The third kappa shape index (κ3) is 3.09. The molecule has 0 aromatic heterocycles. The molecule has 4 nitrogen and oxygen atoms in total. The lowest BCUT2D eigenvalue weighted by atomic mass is 10.00. The summed E-state index contributed by atoms with van der Waals surface area (Å²) in [6.45, 7) is 3.68. The van der Waals surface area contributed by atoms with Crippen molar-refractivity contribution < 1.29 is 13.6 Å². The summed E-state index contributed by atoms with van der Waals surface area (Å²) >= 11 is 0. The Hall–Kier alpha value is -1.45. The zero-order valence-electron chi connectivity index (χ0n) is 15.1. The predicted molar refractivity (Wildman–Crippen MR) is 101 cm³/mol. The van der Waals surface area contributed by atoms with E-state index in [1.54, 1.807) is 0 Å². The van der Waals surface area contributed by atoms with E-state index in [4.69, 9.17) is 9.05 Å². The highest BCUT2D eigenvalue weighted by molar-refractivity contribution is 7.55. The highest BCUT2D eigenvalue weighted by Gasteiger charge is 2.75. The van der Waals surface area contributed by atoms with E-state index in [0.717, 1.165) is 25.1 Å². The third-order valence-corrected chi connectivity index (χ3v) is 8.26. The largest absolute Gasteiger partial charge is 0.341 e. The Morgan fingerprint density at radius 3 is 2.12 bits per heavy atom. The third-order valence-electron chi connectivity index (χ3n) is 5.41. The first-order valence-corrected chi connectivity index (χ1v) is 10.1. The van der Waals surface area contributed by atoms with Crippen LogP contribution in [0.4, 0.5) is 0 Å². The minimum Gasteiger partial charge on any atom is -0.312 e. The molecule has 1 fully saturated rings. The van der Waals surface area contributed by atoms with Gasteiger partial charge in [0, 0.05) is 32.7 Å². The van der Waals surface area contributed by atoms with Crippen LogP contribution in [-0.4, -0.2) is 20.8 Å². The van der Waals surface area contributed by atoms with E-state index in [2.05, 4.69) is 24.4 Å². The van der Waals surface area contributed by atoms with Gasteiger partial charge in [0.15, 0.2) is 0 Å². The molecule has 1 N–H and O–H groups in total. The van der Waals surface area contributed by atoms with Crippen molar-refractivity contribution in [2.75, 3.05) is 20.8 Å². The molecule has 1 aliphatic carbocycles. The summed E-state index contributed by atoms with van der Waals surface area (Å²) in [7, 11) is -0.314. The molecule has 0 saturated heterocycles. The van der Waals surface area contributed by atoms with Crippen LogP contribution >= 0.6 is 7.60 Å². The minimum atomic E-state index is -3.27. The Labute approximate surface area is 150 Å². The van der Waals surface area contributed by atoms with Crippen molar-refractivity contribution in [2.24, 2.45) is 5.41 Å². The number of benzene rings is 2. The molecule has 1 unspecified atom stereocenters. The molecule has 0 spiro atoms. The summed E-state index contributed by atoms with van der Waals surface area (Å²) in [5, 5.41) is 2.91. The molecule has 2 aromatic carbocycles. The Balaban J connectivity index is 1.82. The van der Waals surface area contributed by atoms with Crippen molar-refractivity contribution in [2.45, 2.75) is 25.0 Å². The van der Waals surface area contributed by atoms with Crippen LogP contribution in [0.5, 0.6) is 0 Å². The molecular formula is C20H26NO3P. The van der Waals surface area contributed by atoms with Gasteiger partial charge in [-0.3, -0.25) is 4.57 Å². The highest BCUT2D eigenvalue weighted by Crippen LogP contribution is 2.83.